The third kappa shape index (κ3) is 13.0. The molecule has 3 heterocycles. The summed E-state index contributed by atoms with van der Waals surface area (Å²) in [5, 5.41) is 26.6. The van der Waals surface area contributed by atoms with Gasteiger partial charge in [-0.25, -0.2) is 19.3 Å². The number of fused-ring (bicyclic) bond motifs is 1. The molecule has 27 heteroatoms. The van der Waals surface area contributed by atoms with Gasteiger partial charge in [0.15, 0.2) is 17.2 Å². The Morgan fingerprint density at radius 3 is 2.45 bits per heavy atom. The predicted octanol–water partition coefficient (Wildman–Crippen LogP) is -2.42. The summed E-state index contributed by atoms with van der Waals surface area (Å²) in [7, 11) is -17.6. The summed E-state index contributed by atoms with van der Waals surface area (Å²) in [6.07, 6.45) is -3.72. The number of aromatic nitrogens is 4. The molecule has 53 heavy (non-hydrogen) atoms. The van der Waals surface area contributed by atoms with Crippen LogP contribution in [0.25, 0.3) is 11.2 Å². The molecule has 0 saturated carbocycles. The number of nitrogens with zero attached hydrogens (tertiary/aromatic N) is 4. The van der Waals surface area contributed by atoms with Crippen molar-refractivity contribution in [2.45, 2.75) is 77.1 Å². The Morgan fingerprint density at radius 1 is 1.11 bits per heavy atom. The number of hydrogen-bond donors (Lipinski definition) is 5. The van der Waals surface area contributed by atoms with Gasteiger partial charge in [-0.15, -0.1) is 0 Å². The molecule has 302 valence electrons. The Bertz CT molecular complexity index is 1720. The molecule has 23 nitrogen and oxygen atoms in total. The molecule has 1 aliphatic heterocycles. The van der Waals surface area contributed by atoms with Crippen LogP contribution in [0.2, 0.25) is 0 Å². The van der Waals surface area contributed by atoms with Crippen molar-refractivity contribution >= 4 is 64.0 Å². The van der Waals surface area contributed by atoms with Crippen molar-refractivity contribution in [1.82, 2.24) is 30.2 Å². The molecule has 7 unspecified atom stereocenters. The highest BCUT2D eigenvalue weighted by Gasteiger charge is 2.55. The van der Waals surface area contributed by atoms with E-state index in [9.17, 15) is 53.1 Å². The number of nitrogen functional groups attached to an aromatic ring is 1. The topological polar surface area (TPSA) is 358 Å². The number of amides is 2. The van der Waals surface area contributed by atoms with Gasteiger partial charge in [-0.2, -0.15) is 11.8 Å². The van der Waals surface area contributed by atoms with Gasteiger partial charge in [0.1, 0.15) is 36.3 Å². The SMILES string of the molecule is CCCCSCCNC(=O)CCNC(=O)C(O)C(C)(C)COP(=O)([O-])OP(=O)([O-])OCC1OC(C)(n2cnc3c(N)ncnc32)C(O)C1OP(=O)([O-])[O-]. The largest absolute Gasteiger partial charge is 0.790 e. The number of imidazole rings is 1. The molecule has 2 amide bonds. The van der Waals surface area contributed by atoms with Crippen LogP contribution in [-0.4, -0.2) is 104 Å². The summed E-state index contributed by atoms with van der Waals surface area (Å²) in [4.78, 5) is 84.2. The molecule has 6 N–H and O–H groups in total. The van der Waals surface area contributed by atoms with Gasteiger partial charge in [0.05, 0.1) is 27.4 Å². The molecular formula is C26H42N7O16P3S-4. The molecule has 1 fully saturated rings. The average Bonchev–Trinajstić information content (AvgIpc) is 3.60. The fourth-order valence-corrected chi connectivity index (χ4v) is 8.51. The van der Waals surface area contributed by atoms with E-state index in [0.29, 0.717) is 6.54 Å². The first-order chi connectivity index (χ1) is 24.5. The minimum absolute atomic E-state index is 0.0230. The second kappa shape index (κ2) is 18.7. The third-order valence-electron chi connectivity index (χ3n) is 7.75. The maximum Gasteiger partial charge on any atom is 0.274 e. The Balaban J connectivity index is 1.56. The summed E-state index contributed by atoms with van der Waals surface area (Å²) < 4.78 is 61.0. The van der Waals surface area contributed by atoms with Crippen molar-refractivity contribution in [3.05, 3.63) is 12.7 Å². The number of hydrogen-bond acceptors (Lipinski definition) is 21. The van der Waals surface area contributed by atoms with Crippen LogP contribution in [0.15, 0.2) is 12.7 Å². The van der Waals surface area contributed by atoms with Crippen LogP contribution >= 0.6 is 35.2 Å². The van der Waals surface area contributed by atoms with Gasteiger partial charge in [-0.3, -0.25) is 23.3 Å². The zero-order valence-electron chi connectivity index (χ0n) is 29.1. The quantitative estimate of drug-likeness (QED) is 0.0609. The molecule has 0 spiro atoms. The van der Waals surface area contributed by atoms with Crippen molar-refractivity contribution in [2.75, 3.05) is 43.5 Å². The highest BCUT2D eigenvalue weighted by Crippen LogP contribution is 2.56. The first-order valence-electron chi connectivity index (χ1n) is 15.9. The fraction of sp³-hybridized carbons (Fsp3) is 0.731. The second-order valence-corrected chi connectivity index (χ2v) is 17.8. The number of anilines is 1. The van der Waals surface area contributed by atoms with E-state index in [1.165, 1.54) is 20.8 Å². The number of thioether (sulfide) groups is 1. The van der Waals surface area contributed by atoms with E-state index >= 15 is 0 Å². The van der Waals surface area contributed by atoms with E-state index in [0.717, 1.165) is 41.6 Å². The van der Waals surface area contributed by atoms with Crippen LogP contribution in [0.5, 0.6) is 0 Å². The fourth-order valence-electron chi connectivity index (χ4n) is 4.84. The standard InChI is InChI=1S/C26H46N7O16P3S/c1-5-6-10-53-11-9-28-17(34)7-8-29-24(37)21(36)25(2,3)13-46-52(43,44)49-51(41,42)45-12-16-19(48-50(38,39)40)20(35)26(4,47-16)33-15-32-18-22(27)30-14-31-23(18)33/h14-16,19-21,35-36H,5-13H2,1-4H3,(H,28,34)(H,29,37)(H,41,42)(H,43,44)(H2,27,30,31)(H2,38,39,40)/p-4. The van der Waals surface area contributed by atoms with Gasteiger partial charge < -0.3 is 69.0 Å². The van der Waals surface area contributed by atoms with Crippen LogP contribution in [0.3, 0.4) is 0 Å². The minimum Gasteiger partial charge on any atom is -0.790 e. The van der Waals surface area contributed by atoms with Crippen molar-refractivity contribution in [2.24, 2.45) is 5.41 Å². The van der Waals surface area contributed by atoms with E-state index in [4.69, 9.17) is 10.5 Å². The van der Waals surface area contributed by atoms with Crippen molar-refractivity contribution in [1.29, 1.82) is 0 Å². The van der Waals surface area contributed by atoms with Crippen LogP contribution in [-0.2, 0) is 51.6 Å². The zero-order chi connectivity index (χ0) is 39.8. The van der Waals surface area contributed by atoms with Crippen molar-refractivity contribution in [3.63, 3.8) is 0 Å². The number of nitrogens with one attached hydrogen (secondary N) is 2. The van der Waals surface area contributed by atoms with Crippen LogP contribution in [0, 0.1) is 5.41 Å². The molecule has 2 aromatic heterocycles. The normalized spacial score (nSPS) is 23.7. The monoisotopic (exact) mass is 833 g/mol. The molecule has 0 aliphatic carbocycles. The maximum atomic E-state index is 12.5. The highest BCUT2D eigenvalue weighted by atomic mass is 32.2. The van der Waals surface area contributed by atoms with Gasteiger partial charge in [0.2, 0.25) is 11.8 Å². The number of rotatable bonds is 22. The molecule has 0 bridgehead atoms. The maximum absolute atomic E-state index is 12.5. The summed E-state index contributed by atoms with van der Waals surface area (Å²) in [6.45, 7) is 3.78. The predicted molar refractivity (Wildman–Crippen MR) is 178 cm³/mol. The number of aliphatic hydroxyl groups is 2. The number of ether oxygens (including phenoxy) is 1. The first kappa shape index (κ1) is 45.3. The lowest BCUT2D eigenvalue weighted by Gasteiger charge is -2.36. The van der Waals surface area contributed by atoms with E-state index in [1.807, 2.05) is 0 Å². The Hall–Kier alpha value is -2.11. The summed E-state index contributed by atoms with van der Waals surface area (Å²) >= 11 is 1.70. The molecule has 0 aromatic carbocycles. The average molecular weight is 834 g/mol. The molecule has 2 aromatic rings. The first-order valence-corrected chi connectivity index (χ1v) is 21.5. The molecule has 1 aliphatic rings. The van der Waals surface area contributed by atoms with Gasteiger partial charge in [-0.1, -0.05) is 27.2 Å². The van der Waals surface area contributed by atoms with Crippen molar-refractivity contribution < 1.29 is 75.7 Å². The Morgan fingerprint density at radius 2 is 1.79 bits per heavy atom. The van der Waals surface area contributed by atoms with Crippen LogP contribution in [0.1, 0.15) is 47.0 Å². The van der Waals surface area contributed by atoms with Gasteiger partial charge >= 0.3 is 0 Å². The van der Waals surface area contributed by atoms with Gasteiger partial charge in [-0.05, 0) is 19.1 Å². The van der Waals surface area contributed by atoms with Crippen LogP contribution in [0.4, 0.5) is 5.82 Å². The van der Waals surface area contributed by atoms with E-state index in [2.05, 4.69) is 50.4 Å². The molecule has 7 atom stereocenters. The van der Waals surface area contributed by atoms with Gasteiger partial charge in [0, 0.05) is 30.7 Å². The van der Waals surface area contributed by atoms with E-state index in [-0.39, 0.29) is 35.9 Å². The van der Waals surface area contributed by atoms with E-state index in [1.54, 1.807) is 11.8 Å². The van der Waals surface area contributed by atoms with Gasteiger partial charge in [0.25, 0.3) is 15.6 Å². The number of phosphoric ester groups is 3. The second-order valence-electron chi connectivity index (χ2n) is 12.5. The Kier molecular flexibility index (Phi) is 16.0. The molecular weight excluding hydrogens is 791 g/mol. The number of aliphatic hydroxyl groups excluding tert-OH is 2. The zero-order valence-corrected chi connectivity index (χ0v) is 32.6. The lowest BCUT2D eigenvalue weighted by molar-refractivity contribution is -0.347. The lowest BCUT2D eigenvalue weighted by atomic mass is 9.87. The molecule has 1 saturated heterocycles. The summed E-state index contributed by atoms with van der Waals surface area (Å²) in [5.41, 5.74) is 2.10. The number of phosphoric acid groups is 3. The lowest BCUT2D eigenvalue weighted by Crippen LogP contribution is -2.46. The Labute approximate surface area is 308 Å². The molecule has 0 radical (unpaired) electrons. The summed E-state index contributed by atoms with van der Waals surface area (Å²) in [5.74, 6) is 0.338. The van der Waals surface area contributed by atoms with Crippen molar-refractivity contribution in [3.8, 4) is 0 Å². The molecule has 3 rings (SSSR count). The number of carbonyl (C=O) groups is 2. The van der Waals surface area contributed by atoms with Crippen LogP contribution < -0.4 is 35.9 Å². The summed E-state index contributed by atoms with van der Waals surface area (Å²) in [6, 6.07) is 0. The number of unbranched alkanes of at least 4 members (excludes halogenated alkanes) is 1. The third-order valence-corrected chi connectivity index (χ3v) is 11.8. The van der Waals surface area contributed by atoms with E-state index < -0.39 is 78.1 Å². The highest BCUT2D eigenvalue weighted by molar-refractivity contribution is 7.99. The number of carbonyl (C=O) groups excluding carboxylic acids is 2. The number of nitrogens with two attached hydrogens (primary N) is 1. The minimum atomic E-state index is -5.91. The smallest absolute Gasteiger partial charge is 0.274 e.